The normalized spacial score (nSPS) is 12.2. The number of benzene rings is 2. The van der Waals surface area contributed by atoms with Crippen LogP contribution in [-0.2, 0) is 41.9 Å². The maximum atomic E-state index is 13.0. The van der Waals surface area contributed by atoms with Crippen LogP contribution in [0.15, 0.2) is 60.7 Å². The van der Waals surface area contributed by atoms with Crippen LogP contribution in [0.3, 0.4) is 0 Å². The Balaban J connectivity index is 1.93. The van der Waals surface area contributed by atoms with Crippen molar-refractivity contribution in [1.82, 2.24) is 10.6 Å². The maximum absolute atomic E-state index is 13.0. The first-order valence-corrected chi connectivity index (χ1v) is 13.9. The van der Waals surface area contributed by atoms with Gasteiger partial charge in [0.25, 0.3) is 0 Å². The molecule has 0 aliphatic rings. The average molecular weight is 539 g/mol. The van der Waals surface area contributed by atoms with Crippen LogP contribution >= 0.6 is 0 Å². The molecular formula is C31H42N2O6. The van der Waals surface area contributed by atoms with E-state index in [0.717, 1.165) is 43.2 Å². The van der Waals surface area contributed by atoms with Gasteiger partial charge in [-0.1, -0.05) is 100 Å². The molecule has 0 spiro atoms. The Morgan fingerprint density at radius 2 is 1.28 bits per heavy atom. The Labute approximate surface area is 231 Å². The number of carbonyl (C=O) groups is 4. The third-order valence-corrected chi connectivity index (χ3v) is 6.27. The molecular weight excluding hydrogens is 496 g/mol. The fraction of sp³-hybridized carbons (Fsp3) is 0.484. The van der Waals surface area contributed by atoms with Crippen LogP contribution in [0.4, 0.5) is 0 Å². The quantitative estimate of drug-likeness (QED) is 0.204. The highest BCUT2D eigenvalue weighted by atomic mass is 16.5. The molecule has 0 aliphatic heterocycles. The minimum Gasteiger partial charge on any atom is -0.461 e. The zero-order valence-electron chi connectivity index (χ0n) is 23.2. The number of unbranched alkanes of at least 4 members (excludes halogenated alkanes) is 4. The molecule has 2 rings (SSSR count). The number of amides is 2. The van der Waals surface area contributed by atoms with E-state index in [0.29, 0.717) is 12.8 Å². The smallest absolute Gasteiger partial charge is 0.328 e. The summed E-state index contributed by atoms with van der Waals surface area (Å²) in [5.41, 5.74) is 1.65. The van der Waals surface area contributed by atoms with Crippen molar-refractivity contribution in [3.63, 3.8) is 0 Å². The van der Waals surface area contributed by atoms with Crippen LogP contribution in [0.1, 0.15) is 82.8 Å². The molecule has 39 heavy (non-hydrogen) atoms. The Hall–Kier alpha value is -3.68. The predicted octanol–water partition coefficient (Wildman–Crippen LogP) is 4.99. The zero-order valence-corrected chi connectivity index (χ0v) is 23.2. The van der Waals surface area contributed by atoms with Crippen LogP contribution in [0, 0.1) is 0 Å². The Kier molecular flexibility index (Phi) is 15.0. The van der Waals surface area contributed by atoms with Crippen molar-refractivity contribution < 1.29 is 28.7 Å². The summed E-state index contributed by atoms with van der Waals surface area (Å²) in [4.78, 5) is 50.7. The molecule has 212 valence electrons. The first-order chi connectivity index (χ1) is 18.9. The van der Waals surface area contributed by atoms with Crippen molar-refractivity contribution in [1.29, 1.82) is 0 Å². The second kappa shape index (κ2) is 18.6. The summed E-state index contributed by atoms with van der Waals surface area (Å²) in [5.74, 6) is -1.82. The van der Waals surface area contributed by atoms with Gasteiger partial charge in [-0.3, -0.25) is 14.4 Å². The minimum absolute atomic E-state index is 0.00873. The summed E-state index contributed by atoms with van der Waals surface area (Å²) in [6, 6.07) is 16.6. The van der Waals surface area contributed by atoms with Gasteiger partial charge in [-0.15, -0.1) is 0 Å². The van der Waals surface area contributed by atoms with Gasteiger partial charge in [0.15, 0.2) is 0 Å². The van der Waals surface area contributed by atoms with Gasteiger partial charge in [0.05, 0.1) is 0 Å². The third kappa shape index (κ3) is 13.1. The minimum atomic E-state index is -1.06. The van der Waals surface area contributed by atoms with E-state index in [1.807, 2.05) is 60.7 Å². The van der Waals surface area contributed by atoms with Crippen molar-refractivity contribution in [3.8, 4) is 0 Å². The molecule has 2 aromatic carbocycles. The summed E-state index contributed by atoms with van der Waals surface area (Å²) < 4.78 is 10.8. The molecule has 8 heteroatoms. The number of hydrogen-bond donors (Lipinski definition) is 2. The summed E-state index contributed by atoms with van der Waals surface area (Å²) in [5, 5.41) is 5.45. The largest absolute Gasteiger partial charge is 0.461 e. The highest BCUT2D eigenvalue weighted by Gasteiger charge is 2.27. The number of hydrogen-bond acceptors (Lipinski definition) is 6. The number of ether oxygens (including phenoxy) is 2. The average Bonchev–Trinajstić information content (AvgIpc) is 2.96. The van der Waals surface area contributed by atoms with E-state index in [1.165, 1.54) is 0 Å². The zero-order chi connectivity index (χ0) is 28.3. The van der Waals surface area contributed by atoms with Gasteiger partial charge in [-0.05, 0) is 30.4 Å². The molecule has 0 bridgehead atoms. The lowest BCUT2D eigenvalue weighted by atomic mass is 10.1. The van der Waals surface area contributed by atoms with Crippen molar-refractivity contribution in [3.05, 3.63) is 71.8 Å². The fourth-order valence-corrected chi connectivity index (χ4v) is 3.93. The summed E-state index contributed by atoms with van der Waals surface area (Å²) >= 11 is 0. The molecule has 0 aliphatic carbocycles. The van der Waals surface area contributed by atoms with Crippen LogP contribution in [0.2, 0.25) is 0 Å². The van der Waals surface area contributed by atoms with Gasteiger partial charge < -0.3 is 20.1 Å². The molecule has 2 N–H and O–H groups in total. The topological polar surface area (TPSA) is 111 Å². The molecule has 0 radical (unpaired) electrons. The molecule has 0 heterocycles. The van der Waals surface area contributed by atoms with E-state index in [2.05, 4.69) is 17.6 Å². The lowest BCUT2D eigenvalue weighted by Gasteiger charge is -2.22. The molecule has 0 fully saturated rings. The van der Waals surface area contributed by atoms with Gasteiger partial charge in [-0.2, -0.15) is 0 Å². The molecule has 0 aromatic heterocycles. The van der Waals surface area contributed by atoms with Crippen molar-refractivity contribution in [2.45, 2.75) is 96.9 Å². The molecule has 2 aromatic rings. The van der Waals surface area contributed by atoms with Gasteiger partial charge >= 0.3 is 11.9 Å². The molecule has 0 saturated carbocycles. The first kappa shape index (κ1) is 31.5. The number of nitrogens with one attached hydrogen (secondary N) is 2. The van der Waals surface area contributed by atoms with Gasteiger partial charge in [0.1, 0.15) is 25.3 Å². The third-order valence-electron chi connectivity index (χ3n) is 6.27. The highest BCUT2D eigenvalue weighted by Crippen LogP contribution is 2.09. The molecule has 0 saturated heterocycles. The van der Waals surface area contributed by atoms with E-state index >= 15 is 0 Å². The van der Waals surface area contributed by atoms with Crippen LogP contribution < -0.4 is 10.6 Å². The SMILES string of the molecule is CCCCCCCC(=O)N[C@@H](CC)C(=O)N[C@H](CCC(=O)OCc1ccccc1)C(=O)OCc1ccccc1. The number of carbonyl (C=O) groups excluding carboxylic acids is 4. The van der Waals surface area contributed by atoms with Crippen molar-refractivity contribution in [2.75, 3.05) is 0 Å². The molecule has 0 unspecified atom stereocenters. The van der Waals surface area contributed by atoms with Crippen LogP contribution in [0.25, 0.3) is 0 Å². The van der Waals surface area contributed by atoms with Crippen LogP contribution in [-0.4, -0.2) is 35.8 Å². The Bertz CT molecular complexity index is 1010. The maximum Gasteiger partial charge on any atom is 0.328 e. The van der Waals surface area contributed by atoms with E-state index in [1.54, 1.807) is 6.92 Å². The molecule has 2 amide bonds. The first-order valence-electron chi connectivity index (χ1n) is 13.9. The lowest BCUT2D eigenvalue weighted by Crippen LogP contribution is -2.51. The number of rotatable bonds is 18. The van der Waals surface area contributed by atoms with Gasteiger partial charge in [0, 0.05) is 12.8 Å². The van der Waals surface area contributed by atoms with E-state index in [4.69, 9.17) is 9.47 Å². The monoisotopic (exact) mass is 538 g/mol. The number of esters is 2. The Morgan fingerprint density at radius 1 is 0.692 bits per heavy atom. The van der Waals surface area contributed by atoms with E-state index < -0.39 is 29.9 Å². The van der Waals surface area contributed by atoms with Crippen molar-refractivity contribution >= 4 is 23.8 Å². The standard InChI is InChI=1S/C31H42N2O6/c1-3-5-6-7-14-19-28(34)32-26(4-2)30(36)33-27(31(37)39-23-25-17-12-9-13-18-25)20-21-29(35)38-22-24-15-10-8-11-16-24/h8-13,15-18,26-27H,3-7,14,19-23H2,1-2H3,(H,32,34)(H,33,36)/t26-,27+/m0/s1. The molecule has 2 atom stereocenters. The predicted molar refractivity (Wildman–Crippen MR) is 149 cm³/mol. The summed E-state index contributed by atoms with van der Waals surface area (Å²) in [7, 11) is 0. The second-order valence-electron chi connectivity index (χ2n) is 9.53. The van der Waals surface area contributed by atoms with Gasteiger partial charge in [-0.25, -0.2) is 4.79 Å². The van der Waals surface area contributed by atoms with Gasteiger partial charge in [0.2, 0.25) is 11.8 Å². The summed E-state index contributed by atoms with van der Waals surface area (Å²) in [6.45, 7) is 4.08. The fourth-order valence-electron chi connectivity index (χ4n) is 3.93. The van der Waals surface area contributed by atoms with E-state index in [-0.39, 0.29) is 32.0 Å². The van der Waals surface area contributed by atoms with E-state index in [9.17, 15) is 19.2 Å². The Morgan fingerprint density at radius 3 is 1.87 bits per heavy atom. The highest BCUT2D eigenvalue weighted by molar-refractivity contribution is 5.90. The second-order valence-corrected chi connectivity index (χ2v) is 9.53. The molecule has 8 nitrogen and oxygen atoms in total. The van der Waals surface area contributed by atoms with Crippen LogP contribution in [0.5, 0.6) is 0 Å². The van der Waals surface area contributed by atoms with Crippen molar-refractivity contribution in [2.24, 2.45) is 0 Å². The lowest BCUT2D eigenvalue weighted by molar-refractivity contribution is -0.150. The summed E-state index contributed by atoms with van der Waals surface area (Å²) in [6.07, 6.45) is 5.73.